The van der Waals surface area contributed by atoms with E-state index in [0.717, 1.165) is 6.42 Å². The van der Waals surface area contributed by atoms with Crippen molar-refractivity contribution in [3.63, 3.8) is 0 Å². The SMILES string of the molecule is CC1(C)CCC[C@]2(C)O[C@@H](c3ccoc3)C[C@@H]12. The van der Waals surface area contributed by atoms with Crippen LogP contribution in [0.4, 0.5) is 0 Å². The minimum Gasteiger partial charge on any atom is -0.472 e. The molecule has 0 N–H and O–H groups in total. The first kappa shape index (κ1) is 11.3. The molecule has 0 bridgehead atoms. The maximum atomic E-state index is 6.37. The third-order valence-electron chi connectivity index (χ3n) is 4.95. The second-order valence-electron chi connectivity index (χ2n) is 6.61. The largest absolute Gasteiger partial charge is 0.472 e. The first-order valence-electron chi connectivity index (χ1n) is 6.71. The summed E-state index contributed by atoms with van der Waals surface area (Å²) < 4.78 is 11.6. The quantitative estimate of drug-likeness (QED) is 0.721. The fraction of sp³-hybridized carbons (Fsp3) is 0.733. The summed E-state index contributed by atoms with van der Waals surface area (Å²) in [5.41, 5.74) is 1.69. The molecule has 1 saturated heterocycles. The van der Waals surface area contributed by atoms with E-state index in [1.54, 1.807) is 6.26 Å². The van der Waals surface area contributed by atoms with Crippen molar-refractivity contribution in [2.45, 2.75) is 58.2 Å². The van der Waals surface area contributed by atoms with E-state index >= 15 is 0 Å². The Morgan fingerprint density at radius 1 is 1.24 bits per heavy atom. The first-order valence-corrected chi connectivity index (χ1v) is 6.71. The molecule has 1 aliphatic heterocycles. The van der Waals surface area contributed by atoms with E-state index in [4.69, 9.17) is 9.15 Å². The highest BCUT2D eigenvalue weighted by Gasteiger charge is 2.53. The highest BCUT2D eigenvalue weighted by atomic mass is 16.5. The average Bonchev–Trinajstić information content (AvgIpc) is 2.83. The highest BCUT2D eigenvalue weighted by molar-refractivity contribution is 5.15. The zero-order valence-corrected chi connectivity index (χ0v) is 11.0. The smallest absolute Gasteiger partial charge is 0.0960 e. The van der Waals surface area contributed by atoms with Crippen LogP contribution in [0.2, 0.25) is 0 Å². The molecular formula is C15H22O2. The zero-order chi connectivity index (χ0) is 12.1. The van der Waals surface area contributed by atoms with Gasteiger partial charge in [0.05, 0.1) is 24.2 Å². The molecule has 1 aliphatic carbocycles. The fourth-order valence-corrected chi connectivity index (χ4v) is 4.03. The van der Waals surface area contributed by atoms with E-state index in [9.17, 15) is 0 Å². The van der Waals surface area contributed by atoms with Crippen molar-refractivity contribution in [2.24, 2.45) is 11.3 Å². The number of ether oxygens (including phenoxy) is 1. The molecule has 0 spiro atoms. The lowest BCUT2D eigenvalue weighted by Gasteiger charge is -2.45. The van der Waals surface area contributed by atoms with E-state index in [1.165, 1.54) is 24.8 Å². The van der Waals surface area contributed by atoms with Gasteiger partial charge in [0.15, 0.2) is 0 Å². The standard InChI is InChI=1S/C15H22O2/c1-14(2)6-4-7-15(3)13(14)9-12(17-15)11-5-8-16-10-11/h5,8,10,12-13H,4,6-7,9H2,1-3H3/t12-,13+,15+/m1/s1. The number of hydrogen-bond acceptors (Lipinski definition) is 2. The summed E-state index contributed by atoms with van der Waals surface area (Å²) in [5.74, 6) is 0.670. The topological polar surface area (TPSA) is 22.4 Å². The Morgan fingerprint density at radius 2 is 2.06 bits per heavy atom. The van der Waals surface area contributed by atoms with Gasteiger partial charge >= 0.3 is 0 Å². The van der Waals surface area contributed by atoms with Gasteiger partial charge in [0.25, 0.3) is 0 Å². The molecule has 1 aromatic rings. The Kier molecular flexibility index (Phi) is 2.41. The molecule has 2 fully saturated rings. The summed E-state index contributed by atoms with van der Waals surface area (Å²) in [6, 6.07) is 2.04. The minimum atomic E-state index is 0.0731. The fourth-order valence-electron chi connectivity index (χ4n) is 4.03. The van der Waals surface area contributed by atoms with Crippen molar-refractivity contribution in [1.29, 1.82) is 0 Å². The molecule has 94 valence electrons. The number of furan rings is 1. The van der Waals surface area contributed by atoms with Gasteiger partial charge in [0.2, 0.25) is 0 Å². The molecule has 3 rings (SSSR count). The van der Waals surface area contributed by atoms with Crippen molar-refractivity contribution in [3.8, 4) is 0 Å². The third kappa shape index (κ3) is 1.74. The van der Waals surface area contributed by atoms with Gasteiger partial charge in [-0.15, -0.1) is 0 Å². The molecule has 0 unspecified atom stereocenters. The average molecular weight is 234 g/mol. The van der Waals surface area contributed by atoms with Crippen LogP contribution in [-0.4, -0.2) is 5.60 Å². The highest BCUT2D eigenvalue weighted by Crippen LogP contribution is 2.57. The van der Waals surface area contributed by atoms with Gasteiger partial charge < -0.3 is 9.15 Å². The second-order valence-corrected chi connectivity index (χ2v) is 6.61. The number of rotatable bonds is 1. The summed E-state index contributed by atoms with van der Waals surface area (Å²) in [5, 5.41) is 0. The first-order chi connectivity index (χ1) is 8.01. The van der Waals surface area contributed by atoms with Crippen LogP contribution in [0.5, 0.6) is 0 Å². The Bertz CT molecular complexity index is 393. The van der Waals surface area contributed by atoms with Gasteiger partial charge in [0, 0.05) is 5.56 Å². The van der Waals surface area contributed by atoms with Gasteiger partial charge in [-0.1, -0.05) is 20.3 Å². The molecule has 3 atom stereocenters. The molecule has 1 aromatic heterocycles. The van der Waals surface area contributed by atoms with Crippen molar-refractivity contribution in [3.05, 3.63) is 24.2 Å². The molecule has 2 heteroatoms. The van der Waals surface area contributed by atoms with Crippen molar-refractivity contribution in [1.82, 2.24) is 0 Å². The monoisotopic (exact) mass is 234 g/mol. The number of hydrogen-bond donors (Lipinski definition) is 0. The Labute approximate surface area is 103 Å². The van der Waals surface area contributed by atoms with Crippen molar-refractivity contribution >= 4 is 0 Å². The molecule has 0 radical (unpaired) electrons. The third-order valence-corrected chi connectivity index (χ3v) is 4.95. The predicted octanol–water partition coefficient (Wildman–Crippen LogP) is 4.33. The summed E-state index contributed by atoms with van der Waals surface area (Å²) in [6.45, 7) is 7.10. The van der Waals surface area contributed by atoms with Crippen LogP contribution in [0.15, 0.2) is 23.0 Å². The van der Waals surface area contributed by atoms with Crippen LogP contribution in [0.25, 0.3) is 0 Å². The zero-order valence-electron chi connectivity index (χ0n) is 11.0. The summed E-state index contributed by atoms with van der Waals surface area (Å²) in [7, 11) is 0. The van der Waals surface area contributed by atoms with Crippen molar-refractivity contribution in [2.75, 3.05) is 0 Å². The lowest BCUT2D eigenvalue weighted by atomic mass is 9.61. The number of fused-ring (bicyclic) bond motifs is 1. The lowest BCUT2D eigenvalue weighted by Crippen LogP contribution is -2.44. The predicted molar refractivity (Wildman–Crippen MR) is 66.7 cm³/mol. The van der Waals surface area contributed by atoms with Gasteiger partial charge in [0.1, 0.15) is 0 Å². The van der Waals surface area contributed by atoms with Gasteiger partial charge in [-0.05, 0) is 43.6 Å². The summed E-state index contributed by atoms with van der Waals surface area (Å²) in [6.07, 6.45) is 8.78. The summed E-state index contributed by atoms with van der Waals surface area (Å²) >= 11 is 0. The van der Waals surface area contributed by atoms with E-state index in [0.29, 0.717) is 11.3 Å². The van der Waals surface area contributed by atoms with E-state index in [-0.39, 0.29) is 11.7 Å². The summed E-state index contributed by atoms with van der Waals surface area (Å²) in [4.78, 5) is 0. The molecule has 2 heterocycles. The van der Waals surface area contributed by atoms with E-state index in [1.807, 2.05) is 12.3 Å². The van der Waals surface area contributed by atoms with Crippen LogP contribution >= 0.6 is 0 Å². The van der Waals surface area contributed by atoms with Crippen LogP contribution in [-0.2, 0) is 4.74 Å². The minimum absolute atomic E-state index is 0.0731. The van der Waals surface area contributed by atoms with Crippen molar-refractivity contribution < 1.29 is 9.15 Å². The maximum Gasteiger partial charge on any atom is 0.0960 e. The Morgan fingerprint density at radius 3 is 2.71 bits per heavy atom. The van der Waals surface area contributed by atoms with Gasteiger partial charge in [-0.25, -0.2) is 0 Å². The molecule has 17 heavy (non-hydrogen) atoms. The molecule has 0 aromatic carbocycles. The Balaban J connectivity index is 1.88. The van der Waals surface area contributed by atoms with Crippen LogP contribution < -0.4 is 0 Å². The normalized spacial score (nSPS) is 40.2. The maximum absolute atomic E-state index is 6.37. The lowest BCUT2D eigenvalue weighted by molar-refractivity contribution is -0.0928. The van der Waals surface area contributed by atoms with Gasteiger partial charge in [-0.2, -0.15) is 0 Å². The molecular weight excluding hydrogens is 212 g/mol. The molecule has 2 aliphatic rings. The van der Waals surface area contributed by atoms with Crippen LogP contribution in [0.1, 0.15) is 58.1 Å². The second kappa shape index (κ2) is 3.61. The molecule has 2 nitrogen and oxygen atoms in total. The van der Waals surface area contributed by atoms with Crippen LogP contribution in [0, 0.1) is 11.3 Å². The Hall–Kier alpha value is -0.760. The van der Waals surface area contributed by atoms with Crippen LogP contribution in [0.3, 0.4) is 0 Å². The molecule has 1 saturated carbocycles. The van der Waals surface area contributed by atoms with E-state index in [2.05, 4.69) is 20.8 Å². The van der Waals surface area contributed by atoms with E-state index < -0.39 is 0 Å². The van der Waals surface area contributed by atoms with Gasteiger partial charge in [-0.3, -0.25) is 0 Å². The molecule has 0 amide bonds.